The maximum atomic E-state index is 13.6. The lowest BCUT2D eigenvalue weighted by Gasteiger charge is -2.28. The molecule has 1 fully saturated rings. The zero-order chi connectivity index (χ0) is 11.5. The third kappa shape index (κ3) is 2.08. The highest BCUT2D eigenvalue weighted by molar-refractivity contribution is 5.43. The zero-order valence-corrected chi connectivity index (χ0v) is 9.49. The summed E-state index contributed by atoms with van der Waals surface area (Å²) in [7, 11) is 0. The fourth-order valence-corrected chi connectivity index (χ4v) is 2.37. The van der Waals surface area contributed by atoms with Crippen molar-refractivity contribution in [2.45, 2.75) is 38.6 Å². The largest absolute Gasteiger partial charge is 0.368 e. The van der Waals surface area contributed by atoms with E-state index in [1.54, 1.807) is 0 Å². The van der Waals surface area contributed by atoms with Crippen molar-refractivity contribution in [3.05, 3.63) is 12.0 Å². The van der Waals surface area contributed by atoms with E-state index in [0.29, 0.717) is 11.9 Å². The van der Waals surface area contributed by atoms with E-state index in [4.69, 9.17) is 5.73 Å². The van der Waals surface area contributed by atoms with Crippen LogP contribution in [0.15, 0.2) is 6.20 Å². The summed E-state index contributed by atoms with van der Waals surface area (Å²) in [5.74, 6) is 0.0951. The first-order valence-corrected chi connectivity index (χ1v) is 5.77. The predicted octanol–water partition coefficient (Wildman–Crippen LogP) is 1.97. The van der Waals surface area contributed by atoms with Crippen LogP contribution in [0, 0.1) is 5.82 Å². The van der Waals surface area contributed by atoms with Crippen LogP contribution in [0.25, 0.3) is 0 Å². The molecule has 0 aromatic carbocycles. The number of nitrogen functional groups attached to an aromatic ring is 1. The summed E-state index contributed by atoms with van der Waals surface area (Å²) in [4.78, 5) is 9.65. The lowest BCUT2D eigenvalue weighted by Crippen LogP contribution is -2.34. The molecule has 1 aromatic rings. The number of hydrogen-bond donors (Lipinski definition) is 1. The third-order valence-electron chi connectivity index (χ3n) is 3.12. The first-order chi connectivity index (χ1) is 7.72. The molecule has 0 saturated heterocycles. The molecular weight excluding hydrogens is 207 g/mol. The van der Waals surface area contributed by atoms with E-state index < -0.39 is 0 Å². The number of anilines is 2. The Kier molecular flexibility index (Phi) is 3.22. The fourth-order valence-electron chi connectivity index (χ4n) is 2.37. The van der Waals surface area contributed by atoms with Gasteiger partial charge in [0.25, 0.3) is 0 Å². The number of halogens is 1. The number of nitrogens with zero attached hydrogens (tertiary/aromatic N) is 3. The van der Waals surface area contributed by atoms with Gasteiger partial charge in [0, 0.05) is 12.6 Å². The highest BCUT2D eigenvalue weighted by atomic mass is 19.1. The Morgan fingerprint density at radius 3 is 2.81 bits per heavy atom. The summed E-state index contributed by atoms with van der Waals surface area (Å²) in [6.07, 6.45) is 5.79. The summed E-state index contributed by atoms with van der Waals surface area (Å²) in [6.45, 7) is 2.76. The van der Waals surface area contributed by atoms with E-state index in [2.05, 4.69) is 9.97 Å². The van der Waals surface area contributed by atoms with Crippen LogP contribution in [-0.2, 0) is 0 Å². The minimum absolute atomic E-state index is 0.132. The van der Waals surface area contributed by atoms with Crippen LogP contribution in [0.1, 0.15) is 32.6 Å². The summed E-state index contributed by atoms with van der Waals surface area (Å²) in [6, 6.07) is 0.397. The lowest BCUT2D eigenvalue weighted by molar-refractivity contribution is 0.565. The Labute approximate surface area is 94.7 Å². The van der Waals surface area contributed by atoms with Crippen LogP contribution < -0.4 is 10.6 Å². The van der Waals surface area contributed by atoms with Crippen LogP contribution in [0.3, 0.4) is 0 Å². The molecule has 2 rings (SSSR count). The first-order valence-electron chi connectivity index (χ1n) is 5.77. The molecule has 1 aromatic heterocycles. The van der Waals surface area contributed by atoms with Gasteiger partial charge in [-0.15, -0.1) is 0 Å². The SMILES string of the molecule is CCN(c1nc(N)ncc1F)C1CCCC1. The van der Waals surface area contributed by atoms with Crippen LogP contribution in [-0.4, -0.2) is 22.6 Å². The molecule has 5 heteroatoms. The van der Waals surface area contributed by atoms with Crippen LogP contribution >= 0.6 is 0 Å². The number of rotatable bonds is 3. The van der Waals surface area contributed by atoms with Crippen molar-refractivity contribution >= 4 is 11.8 Å². The van der Waals surface area contributed by atoms with Gasteiger partial charge in [-0.1, -0.05) is 12.8 Å². The Balaban J connectivity index is 2.28. The Morgan fingerprint density at radius 2 is 2.19 bits per heavy atom. The van der Waals surface area contributed by atoms with Gasteiger partial charge >= 0.3 is 0 Å². The minimum Gasteiger partial charge on any atom is -0.368 e. The molecule has 88 valence electrons. The van der Waals surface area contributed by atoms with E-state index in [1.807, 2.05) is 11.8 Å². The highest BCUT2D eigenvalue weighted by Crippen LogP contribution is 2.28. The van der Waals surface area contributed by atoms with Gasteiger partial charge in [0.15, 0.2) is 11.6 Å². The molecule has 2 N–H and O–H groups in total. The van der Waals surface area contributed by atoms with E-state index in [0.717, 1.165) is 25.6 Å². The van der Waals surface area contributed by atoms with Gasteiger partial charge in [-0.25, -0.2) is 9.37 Å². The predicted molar refractivity (Wildman–Crippen MR) is 61.7 cm³/mol. The van der Waals surface area contributed by atoms with Gasteiger partial charge in [-0.2, -0.15) is 4.98 Å². The van der Waals surface area contributed by atoms with E-state index in [-0.39, 0.29) is 11.8 Å². The molecule has 0 amide bonds. The van der Waals surface area contributed by atoms with E-state index in [9.17, 15) is 4.39 Å². The molecule has 1 aliphatic rings. The standard InChI is InChI=1S/C11H17FN4/c1-2-16(8-5-3-4-6-8)10-9(12)7-14-11(13)15-10/h7-8H,2-6H2,1H3,(H2,13,14,15). The maximum absolute atomic E-state index is 13.6. The quantitative estimate of drug-likeness (QED) is 0.852. The summed E-state index contributed by atoms with van der Waals surface area (Å²) in [5, 5.41) is 0. The van der Waals surface area contributed by atoms with Gasteiger partial charge in [0.1, 0.15) is 0 Å². The van der Waals surface area contributed by atoms with Crippen LogP contribution in [0.4, 0.5) is 16.2 Å². The van der Waals surface area contributed by atoms with Gasteiger partial charge in [0.05, 0.1) is 6.20 Å². The second-order valence-corrected chi connectivity index (χ2v) is 4.12. The first kappa shape index (κ1) is 11.1. The topological polar surface area (TPSA) is 55.0 Å². The molecule has 0 bridgehead atoms. The molecule has 0 radical (unpaired) electrons. The molecule has 0 aliphatic heterocycles. The van der Waals surface area contributed by atoms with Crippen molar-refractivity contribution < 1.29 is 4.39 Å². The maximum Gasteiger partial charge on any atom is 0.222 e. The number of nitrogens with two attached hydrogens (primary N) is 1. The van der Waals surface area contributed by atoms with Crippen molar-refractivity contribution in [3.63, 3.8) is 0 Å². The zero-order valence-electron chi connectivity index (χ0n) is 9.49. The normalized spacial score (nSPS) is 16.6. The van der Waals surface area contributed by atoms with Gasteiger partial charge in [0.2, 0.25) is 5.95 Å². The second-order valence-electron chi connectivity index (χ2n) is 4.12. The van der Waals surface area contributed by atoms with Crippen LogP contribution in [0.5, 0.6) is 0 Å². The Morgan fingerprint density at radius 1 is 1.50 bits per heavy atom. The van der Waals surface area contributed by atoms with Crippen molar-refractivity contribution in [2.75, 3.05) is 17.2 Å². The van der Waals surface area contributed by atoms with Gasteiger partial charge in [-0.3, -0.25) is 0 Å². The average molecular weight is 224 g/mol. The van der Waals surface area contributed by atoms with Crippen molar-refractivity contribution in [3.8, 4) is 0 Å². The molecule has 0 unspecified atom stereocenters. The van der Waals surface area contributed by atoms with E-state index >= 15 is 0 Å². The molecule has 0 spiro atoms. The Bertz CT molecular complexity index is 363. The fraction of sp³-hybridized carbons (Fsp3) is 0.636. The highest BCUT2D eigenvalue weighted by Gasteiger charge is 2.24. The summed E-state index contributed by atoms with van der Waals surface area (Å²) < 4.78 is 13.6. The smallest absolute Gasteiger partial charge is 0.222 e. The molecule has 1 aliphatic carbocycles. The number of hydrogen-bond acceptors (Lipinski definition) is 4. The lowest BCUT2D eigenvalue weighted by atomic mass is 10.2. The average Bonchev–Trinajstić information content (AvgIpc) is 2.78. The molecule has 0 atom stereocenters. The summed E-state index contributed by atoms with van der Waals surface area (Å²) >= 11 is 0. The molecule has 4 nitrogen and oxygen atoms in total. The monoisotopic (exact) mass is 224 g/mol. The van der Waals surface area contributed by atoms with Crippen molar-refractivity contribution in [2.24, 2.45) is 0 Å². The third-order valence-corrected chi connectivity index (χ3v) is 3.12. The molecular formula is C11H17FN4. The van der Waals surface area contributed by atoms with Gasteiger partial charge < -0.3 is 10.6 Å². The Hall–Kier alpha value is -1.39. The number of aromatic nitrogens is 2. The second kappa shape index (κ2) is 4.63. The molecule has 1 saturated carbocycles. The van der Waals surface area contributed by atoms with Gasteiger partial charge in [-0.05, 0) is 19.8 Å². The van der Waals surface area contributed by atoms with Crippen molar-refractivity contribution in [1.29, 1.82) is 0 Å². The molecule has 1 heterocycles. The van der Waals surface area contributed by atoms with Crippen LogP contribution in [0.2, 0.25) is 0 Å². The minimum atomic E-state index is -0.386. The summed E-state index contributed by atoms with van der Waals surface area (Å²) in [5.41, 5.74) is 5.50. The van der Waals surface area contributed by atoms with Crippen molar-refractivity contribution in [1.82, 2.24) is 9.97 Å². The van der Waals surface area contributed by atoms with E-state index in [1.165, 1.54) is 12.8 Å². The molecule has 16 heavy (non-hydrogen) atoms.